The van der Waals surface area contributed by atoms with E-state index in [1.807, 2.05) is 4.90 Å². The van der Waals surface area contributed by atoms with Crippen molar-refractivity contribution in [3.63, 3.8) is 0 Å². The molecule has 2 saturated heterocycles. The van der Waals surface area contributed by atoms with Crippen molar-refractivity contribution in [2.75, 3.05) is 37.6 Å². The molecule has 1 aromatic rings. The number of amides is 2. The molecule has 0 aromatic carbocycles. The third-order valence-corrected chi connectivity index (χ3v) is 4.72. The topological polar surface area (TPSA) is 78.4 Å². The molecular weight excluding hydrogens is 306 g/mol. The van der Waals surface area contributed by atoms with Crippen molar-refractivity contribution < 1.29 is 9.59 Å². The summed E-state index contributed by atoms with van der Waals surface area (Å²) in [4.78, 5) is 36.8. The lowest BCUT2D eigenvalue weighted by atomic mass is 9.97. The van der Waals surface area contributed by atoms with Crippen LogP contribution in [0.3, 0.4) is 0 Å². The molecule has 3 rings (SSSR count). The molecule has 0 spiro atoms. The lowest BCUT2D eigenvalue weighted by Gasteiger charge is -2.31. The van der Waals surface area contributed by atoms with E-state index in [2.05, 4.69) is 20.2 Å². The van der Waals surface area contributed by atoms with Crippen LogP contribution in [0.2, 0.25) is 0 Å². The minimum Gasteiger partial charge on any atom is -0.355 e. The number of piperidine rings is 1. The van der Waals surface area contributed by atoms with Crippen molar-refractivity contribution in [1.82, 2.24) is 20.2 Å². The van der Waals surface area contributed by atoms with Crippen LogP contribution in [0.15, 0.2) is 18.5 Å². The molecule has 7 nitrogen and oxygen atoms in total. The Hall–Kier alpha value is -2.18. The smallest absolute Gasteiger partial charge is 0.225 e. The third kappa shape index (κ3) is 4.21. The predicted molar refractivity (Wildman–Crippen MR) is 90.4 cm³/mol. The Kier molecular flexibility index (Phi) is 5.61. The zero-order chi connectivity index (χ0) is 16.8. The molecular formula is C17H25N5O2. The van der Waals surface area contributed by atoms with Crippen molar-refractivity contribution in [3.8, 4) is 0 Å². The molecule has 1 aromatic heterocycles. The summed E-state index contributed by atoms with van der Waals surface area (Å²) in [6, 6.07) is 1.79. The van der Waals surface area contributed by atoms with Gasteiger partial charge in [-0.2, -0.15) is 0 Å². The molecule has 1 atom stereocenters. The molecule has 2 amide bonds. The zero-order valence-electron chi connectivity index (χ0n) is 14.0. The summed E-state index contributed by atoms with van der Waals surface area (Å²) >= 11 is 0. The van der Waals surface area contributed by atoms with Crippen LogP contribution in [-0.4, -0.2) is 59.4 Å². The molecule has 1 N–H and O–H groups in total. The van der Waals surface area contributed by atoms with Gasteiger partial charge in [0, 0.05) is 51.5 Å². The molecule has 0 radical (unpaired) electrons. The maximum Gasteiger partial charge on any atom is 0.225 e. The summed E-state index contributed by atoms with van der Waals surface area (Å²) in [5.74, 6) is 0.796. The quantitative estimate of drug-likeness (QED) is 0.864. The third-order valence-electron chi connectivity index (χ3n) is 4.72. The second kappa shape index (κ2) is 8.08. The number of nitrogens with one attached hydrogen (secondary N) is 1. The first kappa shape index (κ1) is 16.7. The summed E-state index contributed by atoms with van der Waals surface area (Å²) in [6.07, 6.45) is 7.84. The fraction of sp³-hybridized carbons (Fsp3) is 0.647. The first-order valence-corrected chi connectivity index (χ1v) is 8.81. The fourth-order valence-electron chi connectivity index (χ4n) is 3.39. The second-order valence-electron chi connectivity index (χ2n) is 6.46. The Morgan fingerprint density at radius 2 is 1.88 bits per heavy atom. The van der Waals surface area contributed by atoms with E-state index in [1.54, 1.807) is 18.5 Å². The average molecular weight is 331 g/mol. The van der Waals surface area contributed by atoms with Crippen molar-refractivity contribution in [1.29, 1.82) is 0 Å². The lowest BCUT2D eigenvalue weighted by Crippen LogP contribution is -2.44. The van der Waals surface area contributed by atoms with Crippen LogP contribution in [0, 0.1) is 5.92 Å². The number of likely N-dealkylation sites (tertiary alicyclic amines) is 1. The summed E-state index contributed by atoms with van der Waals surface area (Å²) in [7, 11) is 0. The van der Waals surface area contributed by atoms with Crippen LogP contribution >= 0.6 is 0 Å². The number of hydrogen-bond donors (Lipinski definition) is 1. The highest BCUT2D eigenvalue weighted by molar-refractivity contribution is 5.81. The highest BCUT2D eigenvalue weighted by atomic mass is 16.2. The molecule has 0 aliphatic carbocycles. The van der Waals surface area contributed by atoms with Gasteiger partial charge in [-0.25, -0.2) is 9.97 Å². The van der Waals surface area contributed by atoms with E-state index < -0.39 is 0 Å². The van der Waals surface area contributed by atoms with E-state index in [9.17, 15) is 9.59 Å². The van der Waals surface area contributed by atoms with E-state index in [-0.39, 0.29) is 17.7 Å². The molecule has 130 valence electrons. The average Bonchev–Trinajstić information content (AvgIpc) is 3.17. The Morgan fingerprint density at radius 3 is 2.62 bits per heavy atom. The van der Waals surface area contributed by atoms with Gasteiger partial charge in [-0.05, 0) is 31.7 Å². The van der Waals surface area contributed by atoms with E-state index in [0.717, 1.165) is 45.3 Å². The molecule has 3 heterocycles. The van der Waals surface area contributed by atoms with Crippen LogP contribution in [0.1, 0.15) is 32.1 Å². The van der Waals surface area contributed by atoms with E-state index >= 15 is 0 Å². The Balaban J connectivity index is 1.43. The number of rotatable bonds is 5. The van der Waals surface area contributed by atoms with Gasteiger partial charge < -0.3 is 15.1 Å². The molecule has 0 saturated carbocycles. The monoisotopic (exact) mass is 331 g/mol. The van der Waals surface area contributed by atoms with Gasteiger partial charge in [0.25, 0.3) is 0 Å². The standard InChI is InChI=1S/C17H25N5O2/c23-15(21-10-1-2-11-21)6-9-18-16(24)14-5-3-12-22(13-14)17-19-7-4-8-20-17/h4,7-8,14H,1-3,5-6,9-13H2,(H,18,24). The summed E-state index contributed by atoms with van der Waals surface area (Å²) in [5.41, 5.74) is 0. The van der Waals surface area contributed by atoms with Gasteiger partial charge in [-0.15, -0.1) is 0 Å². The van der Waals surface area contributed by atoms with Crippen molar-refractivity contribution in [3.05, 3.63) is 18.5 Å². The van der Waals surface area contributed by atoms with E-state index in [1.165, 1.54) is 0 Å². The number of carbonyl (C=O) groups is 2. The lowest BCUT2D eigenvalue weighted by molar-refractivity contribution is -0.130. The van der Waals surface area contributed by atoms with Crippen LogP contribution in [0.25, 0.3) is 0 Å². The zero-order valence-corrected chi connectivity index (χ0v) is 14.0. The summed E-state index contributed by atoms with van der Waals surface area (Å²) in [5, 5.41) is 2.92. The molecule has 2 fully saturated rings. The SMILES string of the molecule is O=C(NCCC(=O)N1CCCC1)C1CCCN(c2ncccn2)C1. The Morgan fingerprint density at radius 1 is 1.12 bits per heavy atom. The molecule has 2 aliphatic heterocycles. The van der Waals surface area contributed by atoms with Gasteiger partial charge in [0.1, 0.15) is 0 Å². The molecule has 7 heteroatoms. The van der Waals surface area contributed by atoms with E-state index in [4.69, 9.17) is 0 Å². The minimum absolute atomic E-state index is 0.0323. The summed E-state index contributed by atoms with van der Waals surface area (Å²) < 4.78 is 0. The summed E-state index contributed by atoms with van der Waals surface area (Å²) in [6.45, 7) is 3.66. The minimum atomic E-state index is -0.0653. The molecule has 0 bridgehead atoms. The van der Waals surface area contributed by atoms with Crippen molar-refractivity contribution in [2.24, 2.45) is 5.92 Å². The van der Waals surface area contributed by atoms with Crippen LogP contribution < -0.4 is 10.2 Å². The van der Waals surface area contributed by atoms with Gasteiger partial charge in [0.2, 0.25) is 17.8 Å². The number of aromatic nitrogens is 2. The number of anilines is 1. The van der Waals surface area contributed by atoms with Gasteiger partial charge >= 0.3 is 0 Å². The highest BCUT2D eigenvalue weighted by Crippen LogP contribution is 2.20. The van der Waals surface area contributed by atoms with Gasteiger partial charge in [-0.3, -0.25) is 9.59 Å². The fourth-order valence-corrected chi connectivity index (χ4v) is 3.39. The Bertz CT molecular complexity index is 559. The Labute approximate surface area is 142 Å². The first-order chi connectivity index (χ1) is 11.7. The molecule has 24 heavy (non-hydrogen) atoms. The van der Waals surface area contributed by atoms with Crippen LogP contribution in [0.4, 0.5) is 5.95 Å². The van der Waals surface area contributed by atoms with Gasteiger partial charge in [0.05, 0.1) is 5.92 Å². The number of hydrogen-bond acceptors (Lipinski definition) is 5. The van der Waals surface area contributed by atoms with Crippen LogP contribution in [-0.2, 0) is 9.59 Å². The van der Waals surface area contributed by atoms with E-state index in [0.29, 0.717) is 25.5 Å². The van der Waals surface area contributed by atoms with Crippen molar-refractivity contribution >= 4 is 17.8 Å². The second-order valence-corrected chi connectivity index (χ2v) is 6.46. The first-order valence-electron chi connectivity index (χ1n) is 8.81. The molecule has 1 unspecified atom stereocenters. The maximum atomic E-state index is 12.4. The van der Waals surface area contributed by atoms with Crippen LogP contribution in [0.5, 0.6) is 0 Å². The van der Waals surface area contributed by atoms with Gasteiger partial charge in [-0.1, -0.05) is 0 Å². The maximum absolute atomic E-state index is 12.4. The largest absolute Gasteiger partial charge is 0.355 e. The highest BCUT2D eigenvalue weighted by Gasteiger charge is 2.27. The predicted octanol–water partition coefficient (Wildman–Crippen LogP) is 0.822. The number of nitrogens with zero attached hydrogens (tertiary/aromatic N) is 4. The normalized spacial score (nSPS) is 20.9. The van der Waals surface area contributed by atoms with Gasteiger partial charge in [0.15, 0.2) is 0 Å². The molecule has 2 aliphatic rings. The van der Waals surface area contributed by atoms with Crippen molar-refractivity contribution in [2.45, 2.75) is 32.1 Å². The number of carbonyl (C=O) groups excluding carboxylic acids is 2.